The molecule has 5 heteroatoms. The maximum absolute atomic E-state index is 12.2. The topological polar surface area (TPSA) is 69.8 Å². The number of pyridine rings is 1. The van der Waals surface area contributed by atoms with Crippen LogP contribution in [0, 0.1) is 0 Å². The number of amides is 1. The number of rotatable bonds is 8. The van der Waals surface area contributed by atoms with E-state index in [1.165, 1.54) is 16.5 Å². The Morgan fingerprint density at radius 1 is 0.897 bits per heavy atom. The summed E-state index contributed by atoms with van der Waals surface area (Å²) in [7, 11) is 0. The second-order valence-corrected chi connectivity index (χ2v) is 6.96. The van der Waals surface area contributed by atoms with Gasteiger partial charge in [0.25, 0.3) is 5.91 Å². The standard InChI is InChI=1S/C24H24N4O/c29-24(26-14-12-18-6-2-1-3-7-18)23-11-10-20(17-28-23)25-15-13-19-16-27-22-9-5-4-8-21(19)22/h1-11,16-17,25,27H,12-15H2,(H,26,29). The molecule has 2 aromatic carbocycles. The predicted molar refractivity (Wildman–Crippen MR) is 117 cm³/mol. The summed E-state index contributed by atoms with van der Waals surface area (Å²) in [6, 6.07) is 22.1. The molecule has 0 saturated carbocycles. The van der Waals surface area contributed by atoms with Gasteiger partial charge in [0, 0.05) is 30.2 Å². The molecule has 1 amide bonds. The first-order chi connectivity index (χ1) is 14.3. The minimum atomic E-state index is -0.147. The zero-order chi connectivity index (χ0) is 19.9. The van der Waals surface area contributed by atoms with E-state index >= 15 is 0 Å². The molecule has 0 bridgehead atoms. The second-order valence-electron chi connectivity index (χ2n) is 6.96. The Morgan fingerprint density at radius 2 is 1.72 bits per heavy atom. The summed E-state index contributed by atoms with van der Waals surface area (Å²) >= 11 is 0. The molecule has 2 aromatic heterocycles. The molecule has 146 valence electrons. The summed E-state index contributed by atoms with van der Waals surface area (Å²) in [5.74, 6) is -0.147. The average Bonchev–Trinajstić information content (AvgIpc) is 3.18. The Morgan fingerprint density at radius 3 is 2.55 bits per heavy atom. The summed E-state index contributed by atoms with van der Waals surface area (Å²) in [5.41, 5.74) is 4.99. The van der Waals surface area contributed by atoms with Gasteiger partial charge in [-0.25, -0.2) is 4.98 Å². The first kappa shape index (κ1) is 18.7. The van der Waals surface area contributed by atoms with E-state index in [9.17, 15) is 4.79 Å². The second kappa shape index (κ2) is 9.06. The number of nitrogens with zero attached hydrogens (tertiary/aromatic N) is 1. The van der Waals surface area contributed by atoms with Gasteiger partial charge in [-0.2, -0.15) is 0 Å². The third-order valence-electron chi connectivity index (χ3n) is 4.94. The van der Waals surface area contributed by atoms with Gasteiger partial charge in [0.1, 0.15) is 5.69 Å². The fraction of sp³-hybridized carbons (Fsp3) is 0.167. The Kier molecular flexibility index (Phi) is 5.86. The van der Waals surface area contributed by atoms with Gasteiger partial charge in [0.2, 0.25) is 0 Å². The number of benzene rings is 2. The predicted octanol–water partition coefficient (Wildman–Crippen LogP) is 4.19. The van der Waals surface area contributed by atoms with Gasteiger partial charge >= 0.3 is 0 Å². The molecule has 29 heavy (non-hydrogen) atoms. The molecule has 0 aliphatic rings. The molecule has 5 nitrogen and oxygen atoms in total. The van der Waals surface area contributed by atoms with Gasteiger partial charge in [0.05, 0.1) is 11.9 Å². The quantitative estimate of drug-likeness (QED) is 0.427. The van der Waals surface area contributed by atoms with Crippen LogP contribution >= 0.6 is 0 Å². The lowest BCUT2D eigenvalue weighted by Crippen LogP contribution is -2.26. The van der Waals surface area contributed by atoms with Crippen molar-refractivity contribution in [1.29, 1.82) is 0 Å². The Bertz CT molecular complexity index is 1070. The minimum absolute atomic E-state index is 0.147. The number of hydrogen-bond donors (Lipinski definition) is 3. The van der Waals surface area contributed by atoms with Crippen molar-refractivity contribution in [1.82, 2.24) is 15.3 Å². The Balaban J connectivity index is 1.24. The van der Waals surface area contributed by atoms with Crippen molar-refractivity contribution < 1.29 is 4.79 Å². The summed E-state index contributed by atoms with van der Waals surface area (Å²) in [6.07, 6.45) is 5.49. The monoisotopic (exact) mass is 384 g/mol. The van der Waals surface area contributed by atoms with Crippen molar-refractivity contribution >= 4 is 22.5 Å². The lowest BCUT2D eigenvalue weighted by Gasteiger charge is -2.08. The average molecular weight is 384 g/mol. The lowest BCUT2D eigenvalue weighted by molar-refractivity contribution is 0.0949. The lowest BCUT2D eigenvalue weighted by atomic mass is 10.1. The molecule has 0 atom stereocenters. The molecule has 0 unspecified atom stereocenters. The first-order valence-corrected chi connectivity index (χ1v) is 9.86. The molecule has 0 spiro atoms. The molecule has 4 aromatic rings. The van der Waals surface area contributed by atoms with E-state index < -0.39 is 0 Å². The zero-order valence-electron chi connectivity index (χ0n) is 16.2. The van der Waals surface area contributed by atoms with Crippen LogP contribution in [0.25, 0.3) is 10.9 Å². The van der Waals surface area contributed by atoms with Crippen molar-refractivity contribution in [2.24, 2.45) is 0 Å². The molecule has 0 aliphatic carbocycles. The van der Waals surface area contributed by atoms with Crippen LogP contribution in [0.5, 0.6) is 0 Å². The van der Waals surface area contributed by atoms with Crippen LogP contribution in [0.1, 0.15) is 21.6 Å². The number of carbonyl (C=O) groups is 1. The highest BCUT2D eigenvalue weighted by molar-refractivity contribution is 5.92. The summed E-state index contributed by atoms with van der Waals surface area (Å²) in [4.78, 5) is 19.8. The van der Waals surface area contributed by atoms with Gasteiger partial charge in [-0.3, -0.25) is 4.79 Å². The van der Waals surface area contributed by atoms with Crippen LogP contribution in [-0.4, -0.2) is 29.0 Å². The highest BCUT2D eigenvalue weighted by Crippen LogP contribution is 2.18. The highest BCUT2D eigenvalue weighted by atomic mass is 16.1. The fourth-order valence-electron chi connectivity index (χ4n) is 3.37. The maximum Gasteiger partial charge on any atom is 0.269 e. The third-order valence-corrected chi connectivity index (χ3v) is 4.94. The number of fused-ring (bicyclic) bond motifs is 1. The number of carbonyl (C=O) groups excluding carboxylic acids is 1. The van der Waals surface area contributed by atoms with E-state index in [1.54, 1.807) is 12.3 Å². The van der Waals surface area contributed by atoms with Crippen molar-refractivity contribution in [3.63, 3.8) is 0 Å². The summed E-state index contributed by atoms with van der Waals surface area (Å²) in [6.45, 7) is 1.39. The molecule has 4 rings (SSSR count). The SMILES string of the molecule is O=C(NCCc1ccccc1)c1ccc(NCCc2c[nH]c3ccccc23)cn1. The molecule has 0 saturated heterocycles. The minimum Gasteiger partial charge on any atom is -0.383 e. The molecule has 0 radical (unpaired) electrons. The maximum atomic E-state index is 12.2. The van der Waals surface area contributed by atoms with Crippen molar-refractivity contribution in [3.8, 4) is 0 Å². The van der Waals surface area contributed by atoms with Crippen LogP contribution in [0.15, 0.2) is 79.1 Å². The normalized spacial score (nSPS) is 10.8. The van der Waals surface area contributed by atoms with Crippen LogP contribution in [0.2, 0.25) is 0 Å². The summed E-state index contributed by atoms with van der Waals surface area (Å²) < 4.78 is 0. The molecule has 0 fully saturated rings. The number of aromatic nitrogens is 2. The van der Waals surface area contributed by atoms with E-state index in [1.807, 2.05) is 30.3 Å². The van der Waals surface area contributed by atoms with Crippen molar-refractivity contribution in [2.75, 3.05) is 18.4 Å². The van der Waals surface area contributed by atoms with Gasteiger partial charge in [-0.15, -0.1) is 0 Å². The number of para-hydroxylation sites is 1. The van der Waals surface area contributed by atoms with Crippen LogP contribution in [0.3, 0.4) is 0 Å². The molecular formula is C24H24N4O. The fourth-order valence-corrected chi connectivity index (χ4v) is 3.37. The first-order valence-electron chi connectivity index (χ1n) is 9.86. The van der Waals surface area contributed by atoms with Gasteiger partial charge in [-0.1, -0.05) is 48.5 Å². The number of aromatic amines is 1. The van der Waals surface area contributed by atoms with Crippen LogP contribution in [-0.2, 0) is 12.8 Å². The largest absolute Gasteiger partial charge is 0.383 e. The molecule has 0 aliphatic heterocycles. The summed E-state index contributed by atoms with van der Waals surface area (Å²) in [5, 5.41) is 7.55. The van der Waals surface area contributed by atoms with E-state index in [0.717, 1.165) is 30.6 Å². The Hall–Kier alpha value is -3.60. The smallest absolute Gasteiger partial charge is 0.269 e. The van der Waals surface area contributed by atoms with Crippen LogP contribution < -0.4 is 10.6 Å². The molecule has 3 N–H and O–H groups in total. The molecular weight excluding hydrogens is 360 g/mol. The van der Waals surface area contributed by atoms with Crippen LogP contribution in [0.4, 0.5) is 5.69 Å². The van der Waals surface area contributed by atoms with Crippen molar-refractivity contribution in [3.05, 3.63) is 95.9 Å². The van der Waals surface area contributed by atoms with E-state index in [2.05, 4.69) is 57.1 Å². The van der Waals surface area contributed by atoms with Gasteiger partial charge in [0.15, 0.2) is 0 Å². The Labute approximate surface area is 170 Å². The van der Waals surface area contributed by atoms with E-state index in [0.29, 0.717) is 12.2 Å². The van der Waals surface area contributed by atoms with Gasteiger partial charge in [-0.05, 0) is 42.2 Å². The number of hydrogen-bond acceptors (Lipinski definition) is 3. The number of nitrogens with one attached hydrogen (secondary N) is 3. The number of anilines is 1. The van der Waals surface area contributed by atoms with E-state index in [4.69, 9.17) is 0 Å². The van der Waals surface area contributed by atoms with Gasteiger partial charge < -0.3 is 15.6 Å². The van der Waals surface area contributed by atoms with Crippen molar-refractivity contribution in [2.45, 2.75) is 12.8 Å². The zero-order valence-corrected chi connectivity index (χ0v) is 16.2. The van der Waals surface area contributed by atoms with E-state index in [-0.39, 0.29) is 5.91 Å². The number of H-pyrrole nitrogens is 1. The third kappa shape index (κ3) is 4.82. The molecule has 2 heterocycles. The highest BCUT2D eigenvalue weighted by Gasteiger charge is 2.07.